The Balaban J connectivity index is 2.35. The second-order valence-corrected chi connectivity index (χ2v) is 4.62. The summed E-state index contributed by atoms with van der Waals surface area (Å²) in [6.07, 6.45) is 4.02. The zero-order valence-electron chi connectivity index (χ0n) is 9.66. The number of anilines is 1. The molecule has 0 fully saturated rings. The van der Waals surface area contributed by atoms with Crippen LogP contribution in [0.2, 0.25) is 0 Å². The molecule has 0 amide bonds. The molecule has 0 aliphatic carbocycles. The predicted molar refractivity (Wildman–Crippen MR) is 64.8 cm³/mol. The van der Waals surface area contributed by atoms with E-state index < -0.39 is 0 Å². The van der Waals surface area contributed by atoms with Gasteiger partial charge in [0.2, 0.25) is 0 Å². The van der Waals surface area contributed by atoms with Gasteiger partial charge in [-0.25, -0.2) is 4.98 Å². The number of nitrogens with two attached hydrogens (primary N) is 1. The van der Waals surface area contributed by atoms with Crippen molar-refractivity contribution in [3.63, 3.8) is 0 Å². The lowest BCUT2D eigenvalue weighted by molar-refractivity contribution is 0.350. The van der Waals surface area contributed by atoms with Crippen molar-refractivity contribution in [2.45, 2.75) is 26.7 Å². The van der Waals surface area contributed by atoms with Crippen LogP contribution in [0.3, 0.4) is 0 Å². The Kier molecular flexibility index (Phi) is 4.56. The van der Waals surface area contributed by atoms with Gasteiger partial charge in [0.05, 0.1) is 0 Å². The third kappa shape index (κ3) is 4.79. The molecule has 0 aliphatic rings. The second kappa shape index (κ2) is 5.71. The molecule has 1 heterocycles. The van der Waals surface area contributed by atoms with Crippen molar-refractivity contribution in [1.82, 2.24) is 4.98 Å². The fourth-order valence-electron chi connectivity index (χ4n) is 1.47. The number of rotatable bonds is 6. The second-order valence-electron chi connectivity index (χ2n) is 4.62. The number of hydrogen-bond donors (Lipinski definition) is 2. The average Bonchev–Trinajstić information content (AvgIpc) is 2.25. The summed E-state index contributed by atoms with van der Waals surface area (Å²) in [4.78, 5) is 4.23. The van der Waals surface area contributed by atoms with E-state index in [9.17, 15) is 0 Å². The molecule has 84 valence electrons. The Morgan fingerprint density at radius 1 is 1.40 bits per heavy atom. The fraction of sp³-hybridized carbons (Fsp3) is 0.583. The first-order chi connectivity index (χ1) is 7.14. The standard InChI is InChI=1S/C12H21N3/c1-12(2,7-5-8-13)10-15-11-6-3-4-9-14-11/h3-4,6,9H,5,7-8,10,13H2,1-2H3,(H,14,15). The molecular formula is C12H21N3. The molecule has 0 bridgehead atoms. The summed E-state index contributed by atoms with van der Waals surface area (Å²) in [5.41, 5.74) is 5.78. The molecule has 0 spiro atoms. The van der Waals surface area contributed by atoms with Gasteiger partial charge in [0.1, 0.15) is 5.82 Å². The third-order valence-electron chi connectivity index (χ3n) is 2.47. The van der Waals surface area contributed by atoms with E-state index in [4.69, 9.17) is 5.73 Å². The van der Waals surface area contributed by atoms with E-state index in [1.165, 1.54) is 0 Å². The quantitative estimate of drug-likeness (QED) is 0.752. The van der Waals surface area contributed by atoms with Crippen molar-refractivity contribution >= 4 is 5.82 Å². The van der Waals surface area contributed by atoms with Gasteiger partial charge in [0, 0.05) is 12.7 Å². The van der Waals surface area contributed by atoms with Gasteiger partial charge in [-0.15, -0.1) is 0 Å². The first-order valence-electron chi connectivity index (χ1n) is 5.49. The van der Waals surface area contributed by atoms with Gasteiger partial charge < -0.3 is 11.1 Å². The summed E-state index contributed by atoms with van der Waals surface area (Å²) < 4.78 is 0. The first kappa shape index (κ1) is 12.0. The van der Waals surface area contributed by atoms with Crippen LogP contribution < -0.4 is 11.1 Å². The molecule has 3 N–H and O–H groups in total. The van der Waals surface area contributed by atoms with Crippen molar-refractivity contribution in [3.05, 3.63) is 24.4 Å². The number of pyridine rings is 1. The zero-order valence-corrected chi connectivity index (χ0v) is 9.66. The van der Waals surface area contributed by atoms with Crippen LogP contribution in [-0.2, 0) is 0 Å². The number of nitrogens with zero attached hydrogens (tertiary/aromatic N) is 1. The van der Waals surface area contributed by atoms with Crippen molar-refractivity contribution in [3.8, 4) is 0 Å². The monoisotopic (exact) mass is 207 g/mol. The fourth-order valence-corrected chi connectivity index (χ4v) is 1.47. The van der Waals surface area contributed by atoms with Crippen molar-refractivity contribution in [1.29, 1.82) is 0 Å². The Hall–Kier alpha value is -1.09. The zero-order chi connectivity index (χ0) is 11.1. The van der Waals surface area contributed by atoms with Crippen molar-refractivity contribution in [2.75, 3.05) is 18.4 Å². The minimum atomic E-state index is 0.275. The van der Waals surface area contributed by atoms with E-state index in [0.29, 0.717) is 0 Å². The molecule has 0 atom stereocenters. The minimum absolute atomic E-state index is 0.275. The molecule has 15 heavy (non-hydrogen) atoms. The van der Waals surface area contributed by atoms with E-state index >= 15 is 0 Å². The van der Waals surface area contributed by atoms with E-state index in [1.54, 1.807) is 6.20 Å². The summed E-state index contributed by atoms with van der Waals surface area (Å²) >= 11 is 0. The average molecular weight is 207 g/mol. The van der Waals surface area contributed by atoms with E-state index in [0.717, 1.165) is 31.7 Å². The summed E-state index contributed by atoms with van der Waals surface area (Å²) in [6, 6.07) is 5.89. The van der Waals surface area contributed by atoms with Crippen LogP contribution in [0.5, 0.6) is 0 Å². The minimum Gasteiger partial charge on any atom is -0.370 e. The number of nitrogens with one attached hydrogen (secondary N) is 1. The molecule has 0 saturated carbocycles. The molecule has 0 aromatic carbocycles. The van der Waals surface area contributed by atoms with Crippen LogP contribution >= 0.6 is 0 Å². The molecule has 1 rings (SSSR count). The highest BCUT2D eigenvalue weighted by atomic mass is 15.0. The maximum atomic E-state index is 5.51. The van der Waals surface area contributed by atoms with Crippen LogP contribution in [0.1, 0.15) is 26.7 Å². The Morgan fingerprint density at radius 2 is 2.20 bits per heavy atom. The summed E-state index contributed by atoms with van der Waals surface area (Å²) in [5.74, 6) is 0.943. The van der Waals surface area contributed by atoms with Gasteiger partial charge in [0.25, 0.3) is 0 Å². The van der Waals surface area contributed by atoms with Gasteiger partial charge >= 0.3 is 0 Å². The van der Waals surface area contributed by atoms with Gasteiger partial charge in [-0.3, -0.25) is 0 Å². The van der Waals surface area contributed by atoms with E-state index in [-0.39, 0.29) is 5.41 Å². The normalized spacial score (nSPS) is 11.4. The van der Waals surface area contributed by atoms with Gasteiger partial charge in [-0.05, 0) is 36.9 Å². The van der Waals surface area contributed by atoms with Crippen molar-refractivity contribution in [2.24, 2.45) is 11.1 Å². The highest BCUT2D eigenvalue weighted by Gasteiger charge is 2.16. The van der Waals surface area contributed by atoms with Gasteiger partial charge in [-0.1, -0.05) is 19.9 Å². The molecule has 3 nitrogen and oxygen atoms in total. The smallest absolute Gasteiger partial charge is 0.125 e. The van der Waals surface area contributed by atoms with Crippen LogP contribution in [-0.4, -0.2) is 18.1 Å². The molecule has 1 aromatic rings. The maximum Gasteiger partial charge on any atom is 0.125 e. The van der Waals surface area contributed by atoms with Gasteiger partial charge in [-0.2, -0.15) is 0 Å². The lowest BCUT2D eigenvalue weighted by Crippen LogP contribution is -2.24. The summed E-state index contributed by atoms with van der Waals surface area (Å²) in [7, 11) is 0. The van der Waals surface area contributed by atoms with E-state index in [2.05, 4.69) is 24.1 Å². The molecule has 0 aliphatic heterocycles. The molecule has 0 unspecified atom stereocenters. The molecule has 0 radical (unpaired) electrons. The molecule has 3 heteroatoms. The molecular weight excluding hydrogens is 186 g/mol. The Labute approximate surface area is 92.1 Å². The van der Waals surface area contributed by atoms with Crippen LogP contribution in [0, 0.1) is 5.41 Å². The highest BCUT2D eigenvalue weighted by Crippen LogP contribution is 2.22. The maximum absolute atomic E-state index is 5.51. The SMILES string of the molecule is CC(C)(CCCN)CNc1ccccn1. The lowest BCUT2D eigenvalue weighted by Gasteiger charge is -2.24. The van der Waals surface area contributed by atoms with Crippen LogP contribution in [0.4, 0.5) is 5.82 Å². The molecule has 1 aromatic heterocycles. The predicted octanol–water partition coefficient (Wildman–Crippen LogP) is 2.26. The topological polar surface area (TPSA) is 50.9 Å². The van der Waals surface area contributed by atoms with Crippen LogP contribution in [0.15, 0.2) is 24.4 Å². The van der Waals surface area contributed by atoms with Gasteiger partial charge in [0.15, 0.2) is 0 Å². The number of aromatic nitrogens is 1. The first-order valence-corrected chi connectivity index (χ1v) is 5.49. The Morgan fingerprint density at radius 3 is 2.80 bits per heavy atom. The van der Waals surface area contributed by atoms with Crippen LogP contribution in [0.25, 0.3) is 0 Å². The largest absolute Gasteiger partial charge is 0.370 e. The van der Waals surface area contributed by atoms with Crippen molar-refractivity contribution < 1.29 is 0 Å². The summed E-state index contributed by atoms with van der Waals surface area (Å²) in [5, 5.41) is 3.34. The highest BCUT2D eigenvalue weighted by molar-refractivity contribution is 5.33. The lowest BCUT2D eigenvalue weighted by atomic mass is 9.88. The third-order valence-corrected chi connectivity index (χ3v) is 2.47. The number of hydrogen-bond acceptors (Lipinski definition) is 3. The molecule has 0 saturated heterocycles. The van der Waals surface area contributed by atoms with E-state index in [1.807, 2.05) is 18.2 Å². The Bertz CT molecular complexity index is 269. The summed E-state index contributed by atoms with van der Waals surface area (Å²) in [6.45, 7) is 6.20.